The molecule has 4 aromatic rings. The van der Waals surface area contributed by atoms with Crippen molar-refractivity contribution >= 4 is 35.8 Å². The molecule has 12 heteroatoms. The lowest BCUT2D eigenvalue weighted by Gasteiger charge is -2.35. The van der Waals surface area contributed by atoms with Crippen LogP contribution in [0.25, 0.3) is 11.1 Å². The number of rotatable bonds is 8. The van der Waals surface area contributed by atoms with Gasteiger partial charge >= 0.3 is 35.8 Å². The van der Waals surface area contributed by atoms with Crippen LogP contribution >= 0.6 is 0 Å². The van der Waals surface area contributed by atoms with Gasteiger partial charge in [-0.15, -0.1) is 0 Å². The molecule has 0 saturated heterocycles. The Morgan fingerprint density at radius 1 is 0.442 bits per heavy atom. The largest absolute Gasteiger partial charge is 0.478 e. The molecule has 4 aromatic carbocycles. The second-order valence-electron chi connectivity index (χ2n) is 9.56. The molecule has 1 aliphatic carbocycles. The van der Waals surface area contributed by atoms with Gasteiger partial charge in [-0.1, -0.05) is 42.5 Å². The van der Waals surface area contributed by atoms with E-state index in [1.807, 2.05) is 0 Å². The van der Waals surface area contributed by atoms with Crippen molar-refractivity contribution in [2.45, 2.75) is 5.41 Å². The Hall–Kier alpha value is -6.30. The fourth-order valence-electron chi connectivity index (χ4n) is 5.84. The SMILES string of the molecule is O=C(O)c1ccc(C2(c3ccc(C(=O)O)c(C(=O)O)c3)c3ccccc3-c3ccc(C(=O)O)c(C(=O)O)c32)cc1C(=O)O. The van der Waals surface area contributed by atoms with Gasteiger partial charge in [-0.3, -0.25) is 0 Å². The van der Waals surface area contributed by atoms with E-state index < -0.39 is 74.6 Å². The van der Waals surface area contributed by atoms with Gasteiger partial charge in [0.25, 0.3) is 0 Å². The molecule has 0 unspecified atom stereocenters. The van der Waals surface area contributed by atoms with Crippen LogP contribution in [0.15, 0.2) is 72.8 Å². The normalized spacial score (nSPS) is 12.6. The van der Waals surface area contributed by atoms with Crippen molar-refractivity contribution in [2.75, 3.05) is 0 Å². The van der Waals surface area contributed by atoms with E-state index in [2.05, 4.69) is 0 Å². The second-order valence-corrected chi connectivity index (χ2v) is 9.56. The Kier molecular flexibility index (Phi) is 6.54. The van der Waals surface area contributed by atoms with Gasteiger partial charge in [0.2, 0.25) is 0 Å². The molecule has 0 fully saturated rings. The molecule has 43 heavy (non-hydrogen) atoms. The summed E-state index contributed by atoms with van der Waals surface area (Å²) in [5, 5.41) is 59.5. The lowest BCUT2D eigenvalue weighted by molar-refractivity contribution is 0.0649. The summed E-state index contributed by atoms with van der Waals surface area (Å²) in [6, 6.07) is 15.3. The van der Waals surface area contributed by atoms with Crippen LogP contribution < -0.4 is 0 Å². The van der Waals surface area contributed by atoms with Gasteiger partial charge < -0.3 is 30.6 Å². The van der Waals surface area contributed by atoms with E-state index in [9.17, 15) is 59.4 Å². The molecule has 0 aliphatic heterocycles. The number of fused-ring (bicyclic) bond motifs is 3. The Morgan fingerprint density at radius 3 is 1.33 bits per heavy atom. The maximum absolute atomic E-state index is 12.8. The summed E-state index contributed by atoms with van der Waals surface area (Å²) in [7, 11) is 0. The Morgan fingerprint density at radius 2 is 0.884 bits per heavy atom. The Bertz CT molecular complexity index is 1880. The minimum Gasteiger partial charge on any atom is -0.478 e. The predicted molar refractivity (Wildman–Crippen MR) is 146 cm³/mol. The number of benzene rings is 4. The van der Waals surface area contributed by atoms with Crippen LogP contribution in [0.1, 0.15) is 84.4 Å². The number of carboxylic acid groups (broad SMARTS) is 6. The fraction of sp³-hybridized carbons (Fsp3) is 0.0323. The molecule has 5 rings (SSSR count). The first-order chi connectivity index (χ1) is 20.3. The summed E-state index contributed by atoms with van der Waals surface area (Å²) in [5.41, 5.74) is -5.11. The third-order valence-electron chi connectivity index (χ3n) is 7.47. The molecule has 0 atom stereocenters. The molecule has 12 nitrogen and oxygen atoms in total. The van der Waals surface area contributed by atoms with Crippen LogP contribution in [0, 0.1) is 0 Å². The molecule has 0 amide bonds. The zero-order valence-electron chi connectivity index (χ0n) is 21.6. The van der Waals surface area contributed by atoms with E-state index in [1.165, 1.54) is 18.2 Å². The predicted octanol–water partition coefficient (Wildman–Crippen LogP) is 4.24. The lowest BCUT2D eigenvalue weighted by atomic mass is 9.65. The Balaban J connectivity index is 2.09. The number of carbonyl (C=O) groups is 6. The van der Waals surface area contributed by atoms with Gasteiger partial charge in [0.15, 0.2) is 0 Å². The van der Waals surface area contributed by atoms with Crippen molar-refractivity contribution in [1.29, 1.82) is 0 Å². The summed E-state index contributed by atoms with van der Waals surface area (Å²) in [6.07, 6.45) is 0. The summed E-state index contributed by atoms with van der Waals surface area (Å²) in [6.45, 7) is 0. The fourth-order valence-corrected chi connectivity index (χ4v) is 5.84. The first-order valence-corrected chi connectivity index (χ1v) is 12.3. The topological polar surface area (TPSA) is 224 Å². The maximum atomic E-state index is 12.8. The van der Waals surface area contributed by atoms with Crippen LogP contribution in [0.4, 0.5) is 0 Å². The third kappa shape index (κ3) is 4.08. The maximum Gasteiger partial charge on any atom is 0.336 e. The van der Waals surface area contributed by atoms with E-state index in [0.29, 0.717) is 5.56 Å². The average molecular weight is 582 g/mol. The van der Waals surface area contributed by atoms with Crippen LogP contribution in [0.2, 0.25) is 0 Å². The average Bonchev–Trinajstić information content (AvgIpc) is 3.26. The van der Waals surface area contributed by atoms with Gasteiger partial charge in [-0.25, -0.2) is 28.8 Å². The van der Waals surface area contributed by atoms with Crippen LogP contribution in [0.5, 0.6) is 0 Å². The van der Waals surface area contributed by atoms with E-state index in [-0.39, 0.29) is 27.8 Å². The first kappa shape index (κ1) is 28.2. The highest BCUT2D eigenvalue weighted by Gasteiger charge is 2.50. The van der Waals surface area contributed by atoms with E-state index in [1.54, 1.807) is 24.3 Å². The number of hydrogen-bond donors (Lipinski definition) is 6. The van der Waals surface area contributed by atoms with Crippen molar-refractivity contribution in [1.82, 2.24) is 0 Å². The quantitative estimate of drug-likeness (QED) is 0.151. The van der Waals surface area contributed by atoms with Crippen molar-refractivity contribution in [3.05, 3.63) is 128 Å². The van der Waals surface area contributed by atoms with Gasteiger partial charge in [0.1, 0.15) is 0 Å². The van der Waals surface area contributed by atoms with Crippen LogP contribution in [0.3, 0.4) is 0 Å². The number of aromatic carboxylic acids is 6. The zero-order chi connectivity index (χ0) is 31.4. The molecule has 0 radical (unpaired) electrons. The molecule has 0 aromatic heterocycles. The highest BCUT2D eigenvalue weighted by Crippen LogP contribution is 2.58. The van der Waals surface area contributed by atoms with E-state index in [0.717, 1.165) is 30.3 Å². The molecule has 1 aliphatic rings. The number of hydrogen-bond acceptors (Lipinski definition) is 6. The molecule has 0 bridgehead atoms. The van der Waals surface area contributed by atoms with Crippen molar-refractivity contribution in [3.63, 3.8) is 0 Å². The van der Waals surface area contributed by atoms with E-state index in [4.69, 9.17) is 0 Å². The minimum absolute atomic E-state index is 0.0365. The summed E-state index contributed by atoms with van der Waals surface area (Å²) in [5.74, 6) is -9.65. The van der Waals surface area contributed by atoms with Gasteiger partial charge in [0, 0.05) is 0 Å². The third-order valence-corrected chi connectivity index (χ3v) is 7.47. The van der Waals surface area contributed by atoms with Crippen LogP contribution in [-0.4, -0.2) is 66.5 Å². The summed E-state index contributed by atoms with van der Waals surface area (Å²) < 4.78 is 0. The minimum atomic E-state index is -1.95. The molecule has 214 valence electrons. The summed E-state index contributed by atoms with van der Waals surface area (Å²) >= 11 is 0. The molecular weight excluding hydrogens is 564 g/mol. The summed E-state index contributed by atoms with van der Waals surface area (Å²) in [4.78, 5) is 73.3. The first-order valence-electron chi connectivity index (χ1n) is 12.3. The Labute approximate surface area is 240 Å². The highest BCUT2D eigenvalue weighted by atomic mass is 16.4. The molecule has 0 heterocycles. The smallest absolute Gasteiger partial charge is 0.336 e. The van der Waals surface area contributed by atoms with Crippen molar-refractivity contribution < 1.29 is 59.4 Å². The van der Waals surface area contributed by atoms with Gasteiger partial charge in [-0.05, 0) is 63.7 Å². The number of carboxylic acids is 6. The van der Waals surface area contributed by atoms with Crippen molar-refractivity contribution in [3.8, 4) is 11.1 Å². The van der Waals surface area contributed by atoms with E-state index >= 15 is 0 Å². The van der Waals surface area contributed by atoms with Crippen molar-refractivity contribution in [2.24, 2.45) is 0 Å². The zero-order valence-corrected chi connectivity index (χ0v) is 21.6. The monoisotopic (exact) mass is 582 g/mol. The molecular formula is C31H18O12. The molecule has 0 spiro atoms. The standard InChI is InChI=1S/C31H18O12/c32-25(33)17-7-5-13(11-20(17)28(38)39)31(14-6-8-18(26(34)35)21(12-14)29(40)41)22-4-2-1-3-15(22)16-9-10-19(27(36)37)23(24(16)31)30(42)43/h1-12H,(H,32,33)(H,34,35)(H,36,37)(H,38,39)(H,40,41)(H,42,43). The lowest BCUT2D eigenvalue weighted by Crippen LogP contribution is -2.32. The highest BCUT2D eigenvalue weighted by molar-refractivity contribution is 6.08. The van der Waals surface area contributed by atoms with Gasteiger partial charge in [0.05, 0.1) is 38.8 Å². The van der Waals surface area contributed by atoms with Crippen LogP contribution in [-0.2, 0) is 5.41 Å². The molecule has 6 N–H and O–H groups in total. The van der Waals surface area contributed by atoms with Gasteiger partial charge in [-0.2, -0.15) is 0 Å². The second kappa shape index (κ2) is 9.96. The molecule has 0 saturated carbocycles.